The summed E-state index contributed by atoms with van der Waals surface area (Å²) in [5.41, 5.74) is 1.68. The summed E-state index contributed by atoms with van der Waals surface area (Å²) in [6, 6.07) is 3.84. The Hall–Kier alpha value is -1.75. The van der Waals surface area contributed by atoms with Crippen LogP contribution in [0.5, 0.6) is 11.5 Å². The van der Waals surface area contributed by atoms with Crippen LogP contribution in [0.3, 0.4) is 0 Å². The van der Waals surface area contributed by atoms with E-state index in [0.29, 0.717) is 56.7 Å². The Labute approximate surface area is 138 Å². The molecular formula is C18H27NO4. The molecule has 0 saturated carbocycles. The lowest BCUT2D eigenvalue weighted by molar-refractivity contribution is 0.0298. The first-order valence-electron chi connectivity index (χ1n) is 8.48. The zero-order valence-electron chi connectivity index (χ0n) is 14.6. The van der Waals surface area contributed by atoms with Gasteiger partial charge in [-0.1, -0.05) is 33.8 Å². The van der Waals surface area contributed by atoms with E-state index in [0.717, 1.165) is 11.3 Å². The normalized spacial score (nSPS) is 16.7. The summed E-state index contributed by atoms with van der Waals surface area (Å²) in [6.07, 6.45) is 0. The highest BCUT2D eigenvalue weighted by Gasteiger charge is 2.28. The predicted octanol–water partition coefficient (Wildman–Crippen LogP) is 3.08. The SMILES string of the molecule is CC.CC(C)c1ccc(C(=O)N2CCOCC2)c2c1OCCO2. The topological polar surface area (TPSA) is 48.0 Å². The number of nitrogens with zero attached hydrogens (tertiary/aromatic N) is 1. The van der Waals surface area contributed by atoms with Gasteiger partial charge in [-0.2, -0.15) is 0 Å². The summed E-state index contributed by atoms with van der Waals surface area (Å²) < 4.78 is 16.8. The zero-order chi connectivity index (χ0) is 16.8. The molecule has 2 aliphatic rings. The van der Waals surface area contributed by atoms with Crippen molar-refractivity contribution in [2.45, 2.75) is 33.6 Å². The molecule has 0 radical (unpaired) electrons. The van der Waals surface area contributed by atoms with Crippen LogP contribution in [0, 0.1) is 0 Å². The second kappa shape index (κ2) is 8.20. The fraction of sp³-hybridized carbons (Fsp3) is 0.611. The lowest BCUT2D eigenvalue weighted by atomic mass is 9.98. The number of carbonyl (C=O) groups is 1. The summed E-state index contributed by atoms with van der Waals surface area (Å²) in [5.74, 6) is 1.66. The van der Waals surface area contributed by atoms with E-state index in [-0.39, 0.29) is 5.91 Å². The standard InChI is InChI=1S/C16H21NO4.C2H6/c1-11(2)12-3-4-13(15-14(12)20-9-10-21-15)16(18)17-5-7-19-8-6-17;1-2/h3-4,11H,5-10H2,1-2H3;1-2H3. The van der Waals surface area contributed by atoms with E-state index < -0.39 is 0 Å². The average molecular weight is 321 g/mol. The molecule has 0 spiro atoms. The van der Waals surface area contributed by atoms with Gasteiger partial charge in [0.15, 0.2) is 11.5 Å². The molecule has 0 unspecified atom stereocenters. The molecule has 1 amide bonds. The molecule has 1 aromatic rings. The maximum Gasteiger partial charge on any atom is 0.257 e. The number of hydrogen-bond acceptors (Lipinski definition) is 4. The third kappa shape index (κ3) is 3.78. The van der Waals surface area contributed by atoms with Gasteiger partial charge in [0.1, 0.15) is 13.2 Å². The van der Waals surface area contributed by atoms with Gasteiger partial charge in [0, 0.05) is 18.7 Å². The number of ether oxygens (including phenoxy) is 3. The van der Waals surface area contributed by atoms with Gasteiger partial charge in [0.2, 0.25) is 0 Å². The molecule has 2 aliphatic heterocycles. The van der Waals surface area contributed by atoms with Crippen LogP contribution < -0.4 is 9.47 Å². The van der Waals surface area contributed by atoms with E-state index in [1.54, 1.807) is 0 Å². The smallest absolute Gasteiger partial charge is 0.257 e. The van der Waals surface area contributed by atoms with Crippen LogP contribution in [0.1, 0.15) is 49.5 Å². The minimum absolute atomic E-state index is 0.00430. The Balaban J connectivity index is 0.000000924. The van der Waals surface area contributed by atoms with Gasteiger partial charge in [-0.3, -0.25) is 4.79 Å². The molecule has 128 valence electrons. The summed E-state index contributed by atoms with van der Waals surface area (Å²) in [5, 5.41) is 0. The molecule has 5 heteroatoms. The zero-order valence-corrected chi connectivity index (χ0v) is 14.6. The van der Waals surface area contributed by atoms with E-state index in [4.69, 9.17) is 14.2 Å². The van der Waals surface area contributed by atoms with Crippen molar-refractivity contribution in [2.75, 3.05) is 39.5 Å². The van der Waals surface area contributed by atoms with Crippen LogP contribution in [0.4, 0.5) is 0 Å². The molecule has 0 atom stereocenters. The number of carbonyl (C=O) groups excluding carboxylic acids is 1. The van der Waals surface area contributed by atoms with Crippen molar-refractivity contribution < 1.29 is 19.0 Å². The monoisotopic (exact) mass is 321 g/mol. The van der Waals surface area contributed by atoms with Gasteiger partial charge in [-0.15, -0.1) is 0 Å². The Kier molecular flexibility index (Phi) is 6.28. The van der Waals surface area contributed by atoms with Crippen molar-refractivity contribution in [3.05, 3.63) is 23.3 Å². The Morgan fingerprint density at radius 2 is 1.61 bits per heavy atom. The molecule has 0 aromatic heterocycles. The Bertz CT molecular complexity index is 536. The van der Waals surface area contributed by atoms with E-state index in [9.17, 15) is 4.79 Å². The third-order valence-electron chi connectivity index (χ3n) is 3.87. The molecule has 3 rings (SSSR count). The molecule has 1 aromatic carbocycles. The van der Waals surface area contributed by atoms with Crippen molar-refractivity contribution in [3.8, 4) is 11.5 Å². The molecule has 1 fully saturated rings. The minimum Gasteiger partial charge on any atom is -0.486 e. The van der Waals surface area contributed by atoms with Crippen LogP contribution in [0.15, 0.2) is 12.1 Å². The van der Waals surface area contributed by atoms with Gasteiger partial charge >= 0.3 is 0 Å². The largest absolute Gasteiger partial charge is 0.486 e. The highest BCUT2D eigenvalue weighted by molar-refractivity contribution is 5.98. The number of rotatable bonds is 2. The van der Waals surface area contributed by atoms with Crippen molar-refractivity contribution in [1.29, 1.82) is 0 Å². The number of fused-ring (bicyclic) bond motifs is 1. The maximum atomic E-state index is 12.7. The quantitative estimate of drug-likeness (QED) is 0.840. The highest BCUT2D eigenvalue weighted by atomic mass is 16.6. The van der Waals surface area contributed by atoms with Crippen molar-refractivity contribution in [3.63, 3.8) is 0 Å². The molecule has 23 heavy (non-hydrogen) atoms. The summed E-state index contributed by atoms with van der Waals surface area (Å²) >= 11 is 0. The van der Waals surface area contributed by atoms with Crippen LogP contribution in [-0.4, -0.2) is 50.3 Å². The van der Waals surface area contributed by atoms with Gasteiger partial charge in [-0.25, -0.2) is 0 Å². The van der Waals surface area contributed by atoms with Crippen LogP contribution in [0.2, 0.25) is 0 Å². The van der Waals surface area contributed by atoms with Crippen molar-refractivity contribution in [2.24, 2.45) is 0 Å². The number of hydrogen-bond donors (Lipinski definition) is 0. The molecule has 5 nitrogen and oxygen atoms in total. The van der Waals surface area contributed by atoms with Crippen molar-refractivity contribution in [1.82, 2.24) is 4.90 Å². The highest BCUT2D eigenvalue weighted by Crippen LogP contribution is 2.40. The minimum atomic E-state index is -0.00430. The molecule has 0 aliphatic carbocycles. The first kappa shape index (κ1) is 17.6. The number of morpholine rings is 1. The Morgan fingerprint density at radius 1 is 1.00 bits per heavy atom. The summed E-state index contributed by atoms with van der Waals surface area (Å²) in [6.45, 7) is 11.7. The Morgan fingerprint density at radius 3 is 2.22 bits per heavy atom. The first-order valence-corrected chi connectivity index (χ1v) is 8.48. The van der Waals surface area contributed by atoms with E-state index in [2.05, 4.69) is 13.8 Å². The van der Waals surface area contributed by atoms with Crippen LogP contribution >= 0.6 is 0 Å². The van der Waals surface area contributed by atoms with Gasteiger partial charge in [-0.05, 0) is 12.0 Å². The second-order valence-corrected chi connectivity index (χ2v) is 5.62. The van der Waals surface area contributed by atoms with Gasteiger partial charge < -0.3 is 19.1 Å². The maximum absolute atomic E-state index is 12.7. The number of benzene rings is 1. The predicted molar refractivity (Wildman–Crippen MR) is 89.6 cm³/mol. The molecule has 2 heterocycles. The molecule has 1 saturated heterocycles. The van der Waals surface area contributed by atoms with Crippen LogP contribution in [-0.2, 0) is 4.74 Å². The van der Waals surface area contributed by atoms with E-state index in [1.807, 2.05) is 30.9 Å². The van der Waals surface area contributed by atoms with E-state index in [1.165, 1.54) is 0 Å². The van der Waals surface area contributed by atoms with E-state index >= 15 is 0 Å². The fourth-order valence-electron chi connectivity index (χ4n) is 2.72. The average Bonchev–Trinajstić information content (AvgIpc) is 2.62. The molecule has 0 bridgehead atoms. The third-order valence-corrected chi connectivity index (χ3v) is 3.87. The summed E-state index contributed by atoms with van der Waals surface area (Å²) in [7, 11) is 0. The second-order valence-electron chi connectivity index (χ2n) is 5.62. The first-order chi connectivity index (χ1) is 11.2. The summed E-state index contributed by atoms with van der Waals surface area (Å²) in [4.78, 5) is 14.5. The lowest BCUT2D eigenvalue weighted by Crippen LogP contribution is -2.41. The van der Waals surface area contributed by atoms with Gasteiger partial charge in [0.05, 0.1) is 18.8 Å². The molecule has 0 N–H and O–H groups in total. The molecular weight excluding hydrogens is 294 g/mol. The van der Waals surface area contributed by atoms with Gasteiger partial charge in [0.25, 0.3) is 5.91 Å². The number of amides is 1. The fourth-order valence-corrected chi connectivity index (χ4v) is 2.72. The van der Waals surface area contributed by atoms with Crippen LogP contribution in [0.25, 0.3) is 0 Å². The lowest BCUT2D eigenvalue weighted by Gasteiger charge is -2.29. The van der Waals surface area contributed by atoms with Crippen molar-refractivity contribution >= 4 is 5.91 Å².